The molecule has 3 heterocycles. The molecule has 2 N–H and O–H groups in total. The van der Waals surface area contributed by atoms with Crippen molar-refractivity contribution < 1.29 is 5.11 Å². The summed E-state index contributed by atoms with van der Waals surface area (Å²) in [5.74, 6) is 2.32. The van der Waals surface area contributed by atoms with Crippen molar-refractivity contribution >= 4 is 11.6 Å². The molecule has 1 aliphatic heterocycles. The van der Waals surface area contributed by atoms with Crippen LogP contribution in [0.3, 0.4) is 0 Å². The number of aliphatic hydroxyl groups excluding tert-OH is 1. The lowest BCUT2D eigenvalue weighted by molar-refractivity contribution is 0.191. The van der Waals surface area contributed by atoms with Crippen LogP contribution in [0, 0.1) is 0 Å². The van der Waals surface area contributed by atoms with Gasteiger partial charge in [0.1, 0.15) is 18.0 Å². The highest BCUT2D eigenvalue weighted by molar-refractivity contribution is 5.50. The van der Waals surface area contributed by atoms with Gasteiger partial charge in [-0.1, -0.05) is 0 Å². The summed E-state index contributed by atoms with van der Waals surface area (Å²) in [5, 5.41) is 13.5. The van der Waals surface area contributed by atoms with Crippen LogP contribution in [0.5, 0.6) is 0 Å². The fraction of sp³-hybridized carbons (Fsp3) is 0.550. The minimum atomic E-state index is -0.306. The van der Waals surface area contributed by atoms with Gasteiger partial charge < -0.3 is 20.2 Å². The number of likely N-dealkylation sites (N-methyl/N-ethyl adjacent to an activating group) is 1. The Morgan fingerprint density at radius 2 is 2.07 bits per heavy atom. The average Bonchev–Trinajstić information content (AvgIpc) is 3.44. The molecule has 2 aromatic rings. The Hall–Kier alpha value is -2.25. The van der Waals surface area contributed by atoms with E-state index >= 15 is 0 Å². The van der Waals surface area contributed by atoms with Crippen LogP contribution < -0.4 is 10.2 Å². The lowest BCUT2D eigenvalue weighted by Crippen LogP contribution is -2.38. The average molecular weight is 368 g/mol. The predicted octanol–water partition coefficient (Wildman–Crippen LogP) is 1.86. The summed E-state index contributed by atoms with van der Waals surface area (Å²) in [6.45, 7) is 2.22. The van der Waals surface area contributed by atoms with E-state index in [2.05, 4.69) is 50.2 Å². The van der Waals surface area contributed by atoms with Crippen molar-refractivity contribution in [1.82, 2.24) is 19.9 Å². The molecule has 2 aliphatic rings. The molecule has 144 valence electrons. The lowest BCUT2D eigenvalue weighted by Gasteiger charge is -2.27. The normalized spacial score (nSPS) is 22.4. The summed E-state index contributed by atoms with van der Waals surface area (Å²) in [7, 11) is 4.11. The molecule has 7 heteroatoms. The van der Waals surface area contributed by atoms with Crippen molar-refractivity contribution in [3.05, 3.63) is 42.0 Å². The molecule has 2 atom stereocenters. The van der Waals surface area contributed by atoms with Gasteiger partial charge in [-0.2, -0.15) is 0 Å². The van der Waals surface area contributed by atoms with E-state index in [-0.39, 0.29) is 12.1 Å². The highest BCUT2D eigenvalue weighted by Crippen LogP contribution is 2.39. The Morgan fingerprint density at radius 1 is 1.22 bits per heavy atom. The van der Waals surface area contributed by atoms with E-state index in [1.54, 1.807) is 6.33 Å². The number of rotatable bonds is 7. The van der Waals surface area contributed by atoms with Gasteiger partial charge in [0.15, 0.2) is 0 Å². The van der Waals surface area contributed by atoms with Crippen molar-refractivity contribution in [2.75, 3.05) is 37.4 Å². The fourth-order valence-corrected chi connectivity index (χ4v) is 3.77. The first kappa shape index (κ1) is 18.1. The molecule has 1 saturated heterocycles. The van der Waals surface area contributed by atoms with Gasteiger partial charge in [-0.25, -0.2) is 9.97 Å². The summed E-state index contributed by atoms with van der Waals surface area (Å²) in [5.41, 5.74) is 2.42. The molecular formula is C20H28N6O. The maximum atomic E-state index is 10.1. The van der Waals surface area contributed by atoms with Gasteiger partial charge in [0.05, 0.1) is 6.10 Å². The van der Waals surface area contributed by atoms with Crippen molar-refractivity contribution in [3.63, 3.8) is 0 Å². The maximum Gasteiger partial charge on any atom is 0.134 e. The van der Waals surface area contributed by atoms with E-state index in [0.717, 1.165) is 24.6 Å². The summed E-state index contributed by atoms with van der Waals surface area (Å²) in [6.07, 6.45) is 6.47. The Morgan fingerprint density at radius 3 is 2.85 bits per heavy atom. The molecule has 0 spiro atoms. The van der Waals surface area contributed by atoms with Crippen LogP contribution in [0.25, 0.3) is 0 Å². The maximum absolute atomic E-state index is 10.1. The topological polar surface area (TPSA) is 77.4 Å². The molecule has 0 amide bonds. The number of β-amino-alcohol motifs (C(OH)–C–C–N with tert-alkyl or cyclic N) is 1. The van der Waals surface area contributed by atoms with Gasteiger partial charge in [0, 0.05) is 49.6 Å². The highest BCUT2D eigenvalue weighted by Gasteiger charge is 2.32. The Labute approximate surface area is 160 Å². The number of pyridine rings is 1. The van der Waals surface area contributed by atoms with E-state index in [0.29, 0.717) is 19.0 Å². The van der Waals surface area contributed by atoms with Gasteiger partial charge >= 0.3 is 0 Å². The SMILES string of the molecule is CN(C)C[C@H]1C[C@@H](O)CN1c1cc(NCc2ccnc(C3CC3)c2)ncn1. The highest BCUT2D eigenvalue weighted by atomic mass is 16.3. The largest absolute Gasteiger partial charge is 0.391 e. The summed E-state index contributed by atoms with van der Waals surface area (Å²) in [6, 6.07) is 6.48. The second-order valence-corrected chi connectivity index (χ2v) is 7.94. The number of hydrogen-bond donors (Lipinski definition) is 2. The molecule has 2 aromatic heterocycles. The molecule has 1 saturated carbocycles. The molecular weight excluding hydrogens is 340 g/mol. The second-order valence-electron chi connectivity index (χ2n) is 7.94. The molecule has 0 radical (unpaired) electrons. The zero-order valence-electron chi connectivity index (χ0n) is 16.0. The van der Waals surface area contributed by atoms with Gasteiger partial charge in [-0.05, 0) is 51.1 Å². The fourth-order valence-electron chi connectivity index (χ4n) is 3.77. The molecule has 0 bridgehead atoms. The molecule has 0 aromatic carbocycles. The van der Waals surface area contributed by atoms with Crippen LogP contribution in [0.15, 0.2) is 30.7 Å². The van der Waals surface area contributed by atoms with Crippen LogP contribution in [-0.4, -0.2) is 64.3 Å². The van der Waals surface area contributed by atoms with Gasteiger partial charge in [0.2, 0.25) is 0 Å². The molecule has 2 fully saturated rings. The summed E-state index contributed by atoms with van der Waals surface area (Å²) < 4.78 is 0. The number of aromatic nitrogens is 3. The zero-order valence-corrected chi connectivity index (χ0v) is 16.0. The monoisotopic (exact) mass is 368 g/mol. The molecule has 1 aliphatic carbocycles. The van der Waals surface area contributed by atoms with Crippen molar-refractivity contribution in [2.24, 2.45) is 0 Å². The van der Waals surface area contributed by atoms with E-state index in [1.165, 1.54) is 24.1 Å². The number of anilines is 2. The summed E-state index contributed by atoms with van der Waals surface area (Å²) >= 11 is 0. The Kier molecular flexibility index (Phi) is 5.22. The molecule has 0 unspecified atom stereocenters. The van der Waals surface area contributed by atoms with E-state index in [1.807, 2.05) is 18.3 Å². The van der Waals surface area contributed by atoms with Crippen LogP contribution in [0.2, 0.25) is 0 Å². The lowest BCUT2D eigenvalue weighted by atomic mass is 10.2. The minimum Gasteiger partial charge on any atom is -0.391 e. The Bertz CT molecular complexity index is 779. The quantitative estimate of drug-likeness (QED) is 0.772. The standard InChI is InChI=1S/C20H28N6O/c1-25(2)11-16-8-17(27)12-26(16)20-9-19(23-13-24-20)22-10-14-5-6-21-18(7-14)15-3-4-15/h5-7,9,13,15-17,27H,3-4,8,10-12H2,1-2H3,(H,22,23,24)/t16-,17-/m1/s1. The number of nitrogens with zero attached hydrogens (tertiary/aromatic N) is 5. The first-order chi connectivity index (χ1) is 13.1. The van der Waals surface area contributed by atoms with Crippen LogP contribution >= 0.6 is 0 Å². The molecule has 4 rings (SSSR count). The molecule has 7 nitrogen and oxygen atoms in total. The van der Waals surface area contributed by atoms with Gasteiger partial charge in [-0.3, -0.25) is 4.98 Å². The third-order valence-electron chi connectivity index (χ3n) is 5.23. The number of nitrogens with one attached hydrogen (secondary N) is 1. The van der Waals surface area contributed by atoms with Crippen LogP contribution in [0.4, 0.5) is 11.6 Å². The first-order valence-corrected chi connectivity index (χ1v) is 9.68. The Balaban J connectivity index is 1.43. The van der Waals surface area contributed by atoms with Crippen molar-refractivity contribution in [3.8, 4) is 0 Å². The van der Waals surface area contributed by atoms with E-state index in [9.17, 15) is 5.11 Å². The van der Waals surface area contributed by atoms with E-state index in [4.69, 9.17) is 0 Å². The van der Waals surface area contributed by atoms with Crippen LogP contribution in [-0.2, 0) is 6.54 Å². The minimum absolute atomic E-state index is 0.263. The van der Waals surface area contributed by atoms with Crippen molar-refractivity contribution in [2.45, 2.75) is 43.9 Å². The third-order valence-corrected chi connectivity index (χ3v) is 5.23. The smallest absolute Gasteiger partial charge is 0.134 e. The summed E-state index contributed by atoms with van der Waals surface area (Å²) in [4.78, 5) is 17.6. The van der Waals surface area contributed by atoms with Gasteiger partial charge in [0.25, 0.3) is 0 Å². The van der Waals surface area contributed by atoms with E-state index < -0.39 is 0 Å². The third kappa shape index (κ3) is 4.54. The second kappa shape index (κ2) is 7.78. The predicted molar refractivity (Wildman–Crippen MR) is 106 cm³/mol. The van der Waals surface area contributed by atoms with Crippen molar-refractivity contribution in [1.29, 1.82) is 0 Å². The first-order valence-electron chi connectivity index (χ1n) is 9.68. The number of hydrogen-bond acceptors (Lipinski definition) is 7. The van der Waals surface area contributed by atoms with Gasteiger partial charge in [-0.15, -0.1) is 0 Å². The molecule has 27 heavy (non-hydrogen) atoms. The van der Waals surface area contributed by atoms with Crippen LogP contribution in [0.1, 0.15) is 36.4 Å². The zero-order chi connectivity index (χ0) is 18.8. The number of aliphatic hydroxyl groups is 1.